The molecular weight excluding hydrogens is 435 g/mol. The number of ether oxygens (including phenoxy) is 2. The van der Waals surface area contributed by atoms with E-state index < -0.39 is 40.3 Å². The Hall–Kier alpha value is -3.09. The number of methoxy groups -OCH3 is 1. The van der Waals surface area contributed by atoms with Gasteiger partial charge in [-0.25, -0.2) is 28.5 Å². The Kier molecular flexibility index (Phi) is 7.50. The second kappa shape index (κ2) is 10.3. The average molecular weight is 453 g/mol. The molecule has 3 rings (SSSR count). The lowest BCUT2D eigenvalue weighted by Gasteiger charge is -2.15. The molecule has 1 atom stereocenters. The summed E-state index contributed by atoms with van der Waals surface area (Å²) in [6, 6.07) is 5.42. The smallest absolute Gasteiger partial charge is 0.228 e. The Balaban J connectivity index is 1.92. The van der Waals surface area contributed by atoms with Crippen LogP contribution in [0, 0.1) is 17.5 Å². The number of rotatable bonds is 9. The minimum atomic E-state index is -1.87. The predicted octanol–water partition coefficient (Wildman–Crippen LogP) is 3.51. The van der Waals surface area contributed by atoms with Crippen LogP contribution in [0.15, 0.2) is 36.7 Å². The van der Waals surface area contributed by atoms with E-state index in [-0.39, 0.29) is 18.2 Å². The zero-order valence-electron chi connectivity index (χ0n) is 16.5. The third kappa shape index (κ3) is 5.34. The second-order valence-electron chi connectivity index (χ2n) is 5.98. The van der Waals surface area contributed by atoms with E-state index in [1.54, 1.807) is 25.2 Å². The third-order valence-corrected chi connectivity index (χ3v) is 4.92. The molecule has 0 amide bonds. The van der Waals surface area contributed by atoms with Gasteiger partial charge in [0.25, 0.3) is 0 Å². The molecule has 1 aromatic carbocycles. The van der Waals surface area contributed by atoms with E-state index in [2.05, 4.69) is 25.0 Å². The van der Waals surface area contributed by atoms with Crippen LogP contribution in [0.1, 0.15) is 0 Å². The molecule has 3 aromatic rings. The summed E-state index contributed by atoms with van der Waals surface area (Å²) in [4.78, 5) is 12.3. The first-order valence-electron chi connectivity index (χ1n) is 8.90. The van der Waals surface area contributed by atoms with Gasteiger partial charge >= 0.3 is 0 Å². The first-order chi connectivity index (χ1) is 14.9. The number of anilines is 2. The second-order valence-corrected chi connectivity index (χ2v) is 7.28. The standard InChI is InChI=1S/C19H18F3N5O3S/c1-23-19-25-7-5-13(26-19)11-4-3-6-24-18(11)30-14-10-12(20)17(16(22)15(14)21)27-31(28)9-8-29-2/h3-7,10,27H,8-9H2,1-2H3,(H,23,25,26). The zero-order valence-corrected chi connectivity index (χ0v) is 17.3. The van der Waals surface area contributed by atoms with Crippen LogP contribution in [0.3, 0.4) is 0 Å². The normalized spacial score (nSPS) is 11.8. The summed E-state index contributed by atoms with van der Waals surface area (Å²) in [6.45, 7) is 0.0906. The van der Waals surface area contributed by atoms with Crippen molar-refractivity contribution in [1.29, 1.82) is 0 Å². The molecule has 31 heavy (non-hydrogen) atoms. The van der Waals surface area contributed by atoms with E-state index in [9.17, 15) is 17.7 Å². The molecule has 2 N–H and O–H groups in total. The van der Waals surface area contributed by atoms with Crippen molar-refractivity contribution in [3.63, 3.8) is 0 Å². The molecular formula is C19H18F3N5O3S. The van der Waals surface area contributed by atoms with Crippen LogP contribution in [0.2, 0.25) is 0 Å². The lowest BCUT2D eigenvalue weighted by atomic mass is 10.2. The van der Waals surface area contributed by atoms with Crippen molar-refractivity contribution in [3.05, 3.63) is 54.1 Å². The van der Waals surface area contributed by atoms with Crippen molar-refractivity contribution in [2.75, 3.05) is 36.6 Å². The van der Waals surface area contributed by atoms with Crippen LogP contribution in [0.4, 0.5) is 24.8 Å². The average Bonchev–Trinajstić information content (AvgIpc) is 2.79. The minimum Gasteiger partial charge on any atom is -0.593 e. The molecule has 2 heterocycles. The highest BCUT2D eigenvalue weighted by molar-refractivity contribution is 7.92. The summed E-state index contributed by atoms with van der Waals surface area (Å²) < 4.78 is 67.5. The van der Waals surface area contributed by atoms with Crippen LogP contribution in [0.5, 0.6) is 11.6 Å². The molecule has 164 valence electrons. The molecule has 0 aliphatic rings. The molecule has 1 unspecified atom stereocenters. The fourth-order valence-electron chi connectivity index (χ4n) is 2.47. The fraction of sp³-hybridized carbons (Fsp3) is 0.211. The maximum absolute atomic E-state index is 14.6. The van der Waals surface area contributed by atoms with Crippen molar-refractivity contribution in [2.45, 2.75) is 0 Å². The van der Waals surface area contributed by atoms with Crippen LogP contribution < -0.4 is 14.8 Å². The monoisotopic (exact) mass is 453 g/mol. The van der Waals surface area contributed by atoms with E-state index >= 15 is 0 Å². The first kappa shape index (κ1) is 22.6. The topological polar surface area (TPSA) is 104 Å². The van der Waals surface area contributed by atoms with Gasteiger partial charge in [-0.15, -0.1) is 0 Å². The van der Waals surface area contributed by atoms with Gasteiger partial charge < -0.3 is 19.3 Å². The molecule has 0 saturated carbocycles. The Morgan fingerprint density at radius 1 is 1.13 bits per heavy atom. The highest BCUT2D eigenvalue weighted by Crippen LogP contribution is 2.35. The van der Waals surface area contributed by atoms with E-state index in [4.69, 9.17) is 9.47 Å². The molecule has 2 aromatic heterocycles. The highest BCUT2D eigenvalue weighted by atomic mass is 32.2. The lowest BCUT2D eigenvalue weighted by molar-refractivity contribution is 0.217. The van der Waals surface area contributed by atoms with Crippen molar-refractivity contribution < 1.29 is 27.2 Å². The number of hydrogen-bond donors (Lipinski definition) is 2. The molecule has 0 aliphatic carbocycles. The molecule has 0 spiro atoms. The van der Waals surface area contributed by atoms with Crippen LogP contribution in [-0.4, -0.2) is 46.0 Å². The van der Waals surface area contributed by atoms with E-state index in [1.807, 2.05) is 0 Å². The van der Waals surface area contributed by atoms with E-state index in [0.29, 0.717) is 23.3 Å². The maximum atomic E-state index is 14.6. The Morgan fingerprint density at radius 2 is 1.94 bits per heavy atom. The molecule has 0 bridgehead atoms. The van der Waals surface area contributed by atoms with Gasteiger partial charge in [0.05, 0.1) is 29.2 Å². The molecule has 0 aliphatic heterocycles. The van der Waals surface area contributed by atoms with Gasteiger partial charge in [0.15, 0.2) is 28.8 Å². The Bertz CT molecular complexity index is 1060. The largest absolute Gasteiger partial charge is 0.593 e. The maximum Gasteiger partial charge on any atom is 0.228 e. The molecule has 0 saturated heterocycles. The van der Waals surface area contributed by atoms with Crippen LogP contribution in [-0.2, 0) is 16.1 Å². The number of hydrogen-bond acceptors (Lipinski definition) is 8. The summed E-state index contributed by atoms with van der Waals surface area (Å²) >= 11 is -1.87. The Morgan fingerprint density at radius 3 is 2.68 bits per heavy atom. The van der Waals surface area contributed by atoms with Crippen LogP contribution in [0.25, 0.3) is 11.3 Å². The van der Waals surface area contributed by atoms with Crippen LogP contribution >= 0.6 is 0 Å². The summed E-state index contributed by atoms with van der Waals surface area (Å²) in [5.41, 5.74) is -0.116. The van der Waals surface area contributed by atoms with Gasteiger partial charge in [0.2, 0.25) is 17.6 Å². The number of benzene rings is 1. The first-order valence-corrected chi connectivity index (χ1v) is 10.2. The van der Waals surface area contributed by atoms with Crippen molar-refractivity contribution in [1.82, 2.24) is 15.0 Å². The van der Waals surface area contributed by atoms with Gasteiger partial charge in [-0.1, -0.05) is 0 Å². The van der Waals surface area contributed by atoms with E-state index in [1.165, 1.54) is 19.5 Å². The van der Waals surface area contributed by atoms with Crippen molar-refractivity contribution in [2.24, 2.45) is 0 Å². The van der Waals surface area contributed by atoms with Crippen molar-refractivity contribution >= 4 is 23.0 Å². The highest BCUT2D eigenvalue weighted by Gasteiger charge is 2.24. The number of nitrogens with zero attached hydrogens (tertiary/aromatic N) is 3. The number of pyridine rings is 1. The van der Waals surface area contributed by atoms with Gasteiger partial charge in [-0.2, -0.15) is 4.39 Å². The van der Waals surface area contributed by atoms with E-state index in [0.717, 1.165) is 0 Å². The van der Waals surface area contributed by atoms with Gasteiger partial charge in [-0.3, -0.25) is 0 Å². The summed E-state index contributed by atoms with van der Waals surface area (Å²) in [7, 11) is 3.02. The summed E-state index contributed by atoms with van der Waals surface area (Å²) in [5, 5.41) is 2.78. The van der Waals surface area contributed by atoms with Crippen molar-refractivity contribution in [3.8, 4) is 22.9 Å². The minimum absolute atomic E-state index is 0.0416. The van der Waals surface area contributed by atoms with Gasteiger partial charge in [0.1, 0.15) is 0 Å². The quantitative estimate of drug-likeness (QED) is 0.375. The summed E-state index contributed by atoms with van der Waals surface area (Å²) in [6.07, 6.45) is 2.87. The van der Waals surface area contributed by atoms with Gasteiger partial charge in [-0.05, 0) is 18.2 Å². The summed E-state index contributed by atoms with van der Waals surface area (Å²) in [5.74, 6) is -4.79. The Labute approximate surface area is 179 Å². The predicted molar refractivity (Wildman–Crippen MR) is 110 cm³/mol. The zero-order chi connectivity index (χ0) is 22.4. The fourth-order valence-corrected chi connectivity index (χ4v) is 3.30. The van der Waals surface area contributed by atoms with Gasteiger partial charge in [0, 0.05) is 32.6 Å². The molecule has 8 nitrogen and oxygen atoms in total. The lowest BCUT2D eigenvalue weighted by Crippen LogP contribution is -2.21. The molecule has 0 radical (unpaired) electrons. The SMILES string of the molecule is CNc1nccc(-c2cccnc2Oc2cc(F)c(N[S+]([O-])CCOC)c(F)c2F)n1. The number of aromatic nitrogens is 3. The molecule has 0 fully saturated rings. The number of nitrogens with one attached hydrogen (secondary N) is 2. The molecule has 12 heteroatoms. The number of halogens is 3. The third-order valence-electron chi connectivity index (χ3n) is 3.95.